The largest absolute Gasteiger partial charge is 0.380 e. The molecular formula is C17H18FN3O3S. The van der Waals surface area contributed by atoms with Crippen molar-refractivity contribution in [2.75, 3.05) is 18.5 Å². The van der Waals surface area contributed by atoms with Crippen molar-refractivity contribution >= 4 is 23.5 Å². The molecule has 1 fully saturated rings. The van der Waals surface area contributed by atoms with Crippen molar-refractivity contribution in [1.82, 2.24) is 10.0 Å². The summed E-state index contributed by atoms with van der Waals surface area (Å²) < 4.78 is 19.1. The van der Waals surface area contributed by atoms with Crippen LogP contribution in [0.5, 0.6) is 0 Å². The Labute approximate surface area is 149 Å². The average molecular weight is 363 g/mol. The van der Waals surface area contributed by atoms with Crippen molar-refractivity contribution in [3.05, 3.63) is 59.9 Å². The van der Waals surface area contributed by atoms with Crippen molar-refractivity contribution in [3.8, 4) is 0 Å². The summed E-state index contributed by atoms with van der Waals surface area (Å²) in [5.74, 6) is -0.671. The standard InChI is InChI=1S/C17H18FN3O3S/c18-13-4-6-14(7-5-13)19-17(22)12-2-1-3-16(10-12)25-21(23)20-15-8-9-24-11-15/h1-7,10,15,20,23H,8-9,11H2,(H,19,22). The molecule has 0 aromatic heterocycles. The molecule has 3 N–H and O–H groups in total. The Hall–Kier alpha value is -1.97. The predicted molar refractivity (Wildman–Crippen MR) is 92.6 cm³/mol. The third-order valence-corrected chi connectivity index (χ3v) is 4.36. The maximum Gasteiger partial charge on any atom is 0.255 e. The van der Waals surface area contributed by atoms with Gasteiger partial charge in [-0.25, -0.2) is 9.82 Å². The number of hydrogen-bond donors (Lipinski definition) is 3. The summed E-state index contributed by atoms with van der Waals surface area (Å²) >= 11 is 1.06. The maximum absolute atomic E-state index is 12.9. The highest BCUT2D eigenvalue weighted by Crippen LogP contribution is 2.22. The second kappa shape index (κ2) is 8.41. The minimum Gasteiger partial charge on any atom is -0.380 e. The van der Waals surface area contributed by atoms with Crippen molar-refractivity contribution in [3.63, 3.8) is 0 Å². The van der Waals surface area contributed by atoms with E-state index in [9.17, 15) is 14.4 Å². The summed E-state index contributed by atoms with van der Waals surface area (Å²) in [4.78, 5) is 13.0. The van der Waals surface area contributed by atoms with Gasteiger partial charge in [-0.1, -0.05) is 10.6 Å². The van der Waals surface area contributed by atoms with Crippen LogP contribution < -0.4 is 10.7 Å². The van der Waals surface area contributed by atoms with Crippen LogP contribution in [0.1, 0.15) is 16.8 Å². The summed E-state index contributed by atoms with van der Waals surface area (Å²) in [7, 11) is 0. The van der Waals surface area contributed by atoms with Crippen LogP contribution in [0, 0.1) is 5.82 Å². The van der Waals surface area contributed by atoms with Gasteiger partial charge < -0.3 is 10.1 Å². The average Bonchev–Trinajstić information content (AvgIpc) is 3.10. The molecule has 1 aliphatic rings. The van der Waals surface area contributed by atoms with E-state index in [-0.39, 0.29) is 17.8 Å². The quantitative estimate of drug-likeness (QED) is 0.541. The molecular weight excluding hydrogens is 345 g/mol. The zero-order valence-electron chi connectivity index (χ0n) is 13.3. The molecule has 1 aliphatic heterocycles. The normalized spacial score (nSPS) is 17.0. The molecule has 3 rings (SSSR count). The first-order chi connectivity index (χ1) is 12.1. The lowest BCUT2D eigenvalue weighted by Crippen LogP contribution is -2.38. The number of carbonyl (C=O) groups is 1. The molecule has 1 atom stereocenters. The van der Waals surface area contributed by atoms with Crippen molar-refractivity contribution in [2.45, 2.75) is 17.4 Å². The van der Waals surface area contributed by atoms with E-state index in [1.165, 1.54) is 24.3 Å². The number of halogens is 1. The van der Waals surface area contributed by atoms with Crippen molar-refractivity contribution in [2.24, 2.45) is 0 Å². The summed E-state index contributed by atoms with van der Waals surface area (Å²) in [6.45, 7) is 1.23. The molecule has 132 valence electrons. The lowest BCUT2D eigenvalue weighted by Gasteiger charge is -2.18. The van der Waals surface area contributed by atoms with Gasteiger partial charge in [0.15, 0.2) is 0 Å². The first-order valence-corrected chi connectivity index (χ1v) is 8.55. The molecule has 0 bridgehead atoms. The fourth-order valence-electron chi connectivity index (χ4n) is 2.35. The number of nitrogens with one attached hydrogen (secondary N) is 2. The lowest BCUT2D eigenvalue weighted by molar-refractivity contribution is -0.0448. The molecule has 8 heteroatoms. The van der Waals surface area contributed by atoms with E-state index in [0.29, 0.717) is 29.4 Å². The Bertz CT molecular complexity index is 723. The zero-order valence-corrected chi connectivity index (χ0v) is 14.1. The summed E-state index contributed by atoms with van der Waals surface area (Å²) in [6.07, 6.45) is 0.831. The number of rotatable bonds is 6. The number of carbonyl (C=O) groups excluding carboxylic acids is 1. The number of amides is 1. The Morgan fingerprint density at radius 3 is 2.80 bits per heavy atom. The molecule has 1 unspecified atom stereocenters. The van der Waals surface area contributed by atoms with E-state index in [4.69, 9.17) is 4.74 Å². The van der Waals surface area contributed by atoms with Crippen LogP contribution in [0.4, 0.5) is 10.1 Å². The third kappa shape index (κ3) is 5.25. The number of hydrogen-bond acceptors (Lipinski definition) is 6. The van der Waals surface area contributed by atoms with Gasteiger partial charge in [0.25, 0.3) is 5.91 Å². The second-order valence-electron chi connectivity index (χ2n) is 5.54. The van der Waals surface area contributed by atoms with Gasteiger partial charge in [-0.15, -0.1) is 0 Å². The van der Waals surface area contributed by atoms with Gasteiger partial charge in [0.05, 0.1) is 12.6 Å². The molecule has 1 saturated heterocycles. The SMILES string of the molecule is O=C(Nc1ccc(F)cc1)c1cccc(SN(O)NC2CCOC2)c1. The summed E-state index contributed by atoms with van der Waals surface area (Å²) in [5.41, 5.74) is 3.86. The number of ether oxygens (including phenoxy) is 1. The van der Waals surface area contributed by atoms with Crippen LogP contribution in [0.25, 0.3) is 0 Å². The van der Waals surface area contributed by atoms with E-state index in [0.717, 1.165) is 22.9 Å². The molecule has 0 aliphatic carbocycles. The van der Waals surface area contributed by atoms with Crippen LogP contribution in [-0.2, 0) is 4.74 Å². The molecule has 2 aromatic carbocycles. The fourth-order valence-corrected chi connectivity index (χ4v) is 3.07. The minimum atomic E-state index is -0.361. The highest BCUT2D eigenvalue weighted by molar-refractivity contribution is 7.96. The number of benzene rings is 2. The van der Waals surface area contributed by atoms with Crippen molar-refractivity contribution in [1.29, 1.82) is 0 Å². The third-order valence-electron chi connectivity index (χ3n) is 3.61. The Kier molecular flexibility index (Phi) is 6.00. The van der Waals surface area contributed by atoms with Crippen LogP contribution in [-0.4, -0.2) is 34.9 Å². The molecule has 1 amide bonds. The van der Waals surface area contributed by atoms with E-state index in [1.54, 1.807) is 24.3 Å². The van der Waals surface area contributed by atoms with E-state index < -0.39 is 0 Å². The Balaban J connectivity index is 1.59. The molecule has 0 radical (unpaired) electrons. The molecule has 0 saturated carbocycles. The van der Waals surface area contributed by atoms with E-state index in [1.807, 2.05) is 0 Å². The number of nitrogens with zero attached hydrogens (tertiary/aromatic N) is 1. The zero-order chi connectivity index (χ0) is 17.6. The fraction of sp³-hybridized carbons (Fsp3) is 0.235. The highest BCUT2D eigenvalue weighted by Gasteiger charge is 2.18. The van der Waals surface area contributed by atoms with Gasteiger partial charge in [0, 0.05) is 34.7 Å². The Morgan fingerprint density at radius 2 is 2.08 bits per heavy atom. The molecule has 6 nitrogen and oxygen atoms in total. The lowest BCUT2D eigenvalue weighted by atomic mass is 10.2. The van der Waals surface area contributed by atoms with Crippen LogP contribution >= 0.6 is 11.9 Å². The number of hydrazine groups is 1. The van der Waals surface area contributed by atoms with Gasteiger partial charge in [0.1, 0.15) is 5.82 Å². The topological polar surface area (TPSA) is 73.8 Å². The highest BCUT2D eigenvalue weighted by atomic mass is 32.2. The number of anilines is 1. The van der Waals surface area contributed by atoms with Gasteiger partial charge in [-0.3, -0.25) is 10.0 Å². The van der Waals surface area contributed by atoms with Crippen LogP contribution in [0.2, 0.25) is 0 Å². The molecule has 2 aromatic rings. The van der Waals surface area contributed by atoms with Crippen LogP contribution in [0.15, 0.2) is 53.4 Å². The molecule has 25 heavy (non-hydrogen) atoms. The van der Waals surface area contributed by atoms with Gasteiger partial charge in [0.2, 0.25) is 0 Å². The minimum absolute atomic E-state index is 0.0717. The Morgan fingerprint density at radius 1 is 1.28 bits per heavy atom. The van der Waals surface area contributed by atoms with Gasteiger partial charge >= 0.3 is 0 Å². The summed E-state index contributed by atoms with van der Waals surface area (Å²) in [5, 5.41) is 12.6. The van der Waals surface area contributed by atoms with E-state index in [2.05, 4.69) is 10.7 Å². The second-order valence-corrected chi connectivity index (χ2v) is 6.54. The smallest absolute Gasteiger partial charge is 0.255 e. The molecule has 1 heterocycles. The van der Waals surface area contributed by atoms with E-state index >= 15 is 0 Å². The predicted octanol–water partition coefficient (Wildman–Crippen LogP) is 3.07. The monoisotopic (exact) mass is 363 g/mol. The summed E-state index contributed by atoms with van der Waals surface area (Å²) in [6, 6.07) is 12.5. The van der Waals surface area contributed by atoms with Crippen LogP contribution in [0.3, 0.4) is 0 Å². The van der Waals surface area contributed by atoms with Crippen molar-refractivity contribution < 1.29 is 19.1 Å². The molecule has 0 spiro atoms. The van der Waals surface area contributed by atoms with Gasteiger partial charge in [-0.2, -0.15) is 0 Å². The first-order valence-electron chi connectivity index (χ1n) is 7.78. The maximum atomic E-state index is 12.9. The first kappa shape index (κ1) is 17.8. The van der Waals surface area contributed by atoms with Gasteiger partial charge in [-0.05, 0) is 48.9 Å².